The van der Waals surface area contributed by atoms with Crippen molar-refractivity contribution in [1.82, 2.24) is 5.32 Å². The number of rotatable bonds is 6. The van der Waals surface area contributed by atoms with Crippen molar-refractivity contribution >= 4 is 29.3 Å². The zero-order valence-corrected chi connectivity index (χ0v) is 11.5. The third-order valence-corrected chi connectivity index (χ3v) is 2.84. The number of aromatic carboxylic acids is 1. The first kappa shape index (κ1) is 15.3. The Morgan fingerprint density at radius 3 is 2.63 bits per heavy atom. The highest BCUT2D eigenvalue weighted by molar-refractivity contribution is 6.33. The summed E-state index contributed by atoms with van der Waals surface area (Å²) >= 11 is 5.80. The molecule has 0 bridgehead atoms. The van der Waals surface area contributed by atoms with E-state index in [0.29, 0.717) is 12.2 Å². The molecular weight excluding hydrogens is 268 g/mol. The number of carboxylic acid groups (broad SMARTS) is 1. The van der Waals surface area contributed by atoms with Gasteiger partial charge < -0.3 is 15.7 Å². The van der Waals surface area contributed by atoms with Crippen LogP contribution in [0.5, 0.6) is 0 Å². The molecule has 1 aromatic rings. The number of carboxylic acids is 1. The lowest BCUT2D eigenvalue weighted by Crippen LogP contribution is -2.29. The lowest BCUT2D eigenvalue weighted by Gasteiger charge is -2.08. The van der Waals surface area contributed by atoms with Crippen LogP contribution in [0.4, 0.5) is 10.5 Å². The van der Waals surface area contributed by atoms with E-state index in [9.17, 15) is 9.59 Å². The minimum atomic E-state index is -1.10. The summed E-state index contributed by atoms with van der Waals surface area (Å²) in [6, 6.07) is 3.95. The summed E-state index contributed by atoms with van der Waals surface area (Å²) in [4.78, 5) is 22.3. The normalized spacial score (nSPS) is 10.0. The number of benzene rings is 1. The highest BCUT2D eigenvalue weighted by atomic mass is 35.5. The summed E-state index contributed by atoms with van der Waals surface area (Å²) in [5, 5.41) is 14.2. The van der Waals surface area contributed by atoms with Gasteiger partial charge in [-0.3, -0.25) is 0 Å². The molecule has 2 amide bonds. The number of anilines is 1. The van der Waals surface area contributed by atoms with Gasteiger partial charge in [0.05, 0.1) is 10.6 Å². The fraction of sp³-hybridized carbons (Fsp3) is 0.385. The molecule has 1 aromatic carbocycles. The van der Waals surface area contributed by atoms with Gasteiger partial charge in [-0.25, -0.2) is 9.59 Å². The first-order valence-electron chi connectivity index (χ1n) is 6.12. The number of hydrogen-bond donors (Lipinski definition) is 3. The Bertz CT molecular complexity index is 463. The van der Waals surface area contributed by atoms with E-state index in [0.717, 1.165) is 19.3 Å². The minimum absolute atomic E-state index is 0.00979. The number of urea groups is 1. The largest absolute Gasteiger partial charge is 0.478 e. The molecule has 0 saturated carbocycles. The number of carbonyl (C=O) groups is 2. The van der Waals surface area contributed by atoms with Crippen LogP contribution in [0.2, 0.25) is 5.02 Å². The summed E-state index contributed by atoms with van der Waals surface area (Å²) in [6.45, 7) is 2.70. The lowest BCUT2D eigenvalue weighted by molar-refractivity contribution is 0.0697. The third-order valence-electron chi connectivity index (χ3n) is 2.52. The predicted molar refractivity (Wildman–Crippen MR) is 75.0 cm³/mol. The number of halogens is 1. The molecule has 1 rings (SSSR count). The van der Waals surface area contributed by atoms with Gasteiger partial charge in [0, 0.05) is 12.2 Å². The van der Waals surface area contributed by atoms with Crippen LogP contribution >= 0.6 is 11.6 Å². The smallest absolute Gasteiger partial charge is 0.337 e. The second kappa shape index (κ2) is 7.63. The average Bonchev–Trinajstić information content (AvgIpc) is 2.34. The molecular formula is C13H17ClN2O3. The maximum Gasteiger partial charge on any atom is 0.337 e. The van der Waals surface area contributed by atoms with Crippen molar-refractivity contribution in [3.63, 3.8) is 0 Å². The van der Waals surface area contributed by atoms with Gasteiger partial charge in [-0.1, -0.05) is 31.4 Å². The molecule has 0 aromatic heterocycles. The van der Waals surface area contributed by atoms with Gasteiger partial charge in [-0.15, -0.1) is 0 Å². The van der Waals surface area contributed by atoms with Crippen LogP contribution in [-0.4, -0.2) is 23.7 Å². The summed E-state index contributed by atoms with van der Waals surface area (Å²) in [5.74, 6) is -1.10. The standard InChI is InChI=1S/C13H17ClN2O3/c1-2-3-4-7-15-13(19)16-9-5-6-10(12(17)18)11(14)8-9/h5-6,8H,2-4,7H2,1H3,(H,17,18)(H2,15,16,19). The Labute approximate surface area is 117 Å². The second-order valence-electron chi connectivity index (χ2n) is 4.09. The van der Waals surface area contributed by atoms with Gasteiger partial charge >= 0.3 is 12.0 Å². The minimum Gasteiger partial charge on any atom is -0.478 e. The van der Waals surface area contributed by atoms with E-state index in [4.69, 9.17) is 16.7 Å². The van der Waals surface area contributed by atoms with Crippen molar-refractivity contribution < 1.29 is 14.7 Å². The molecule has 0 aliphatic carbocycles. The molecule has 0 spiro atoms. The first-order valence-corrected chi connectivity index (χ1v) is 6.50. The number of hydrogen-bond acceptors (Lipinski definition) is 2. The zero-order chi connectivity index (χ0) is 14.3. The number of unbranched alkanes of at least 4 members (excludes halogenated alkanes) is 2. The van der Waals surface area contributed by atoms with E-state index in [1.807, 2.05) is 0 Å². The molecule has 0 saturated heterocycles. The van der Waals surface area contributed by atoms with Crippen molar-refractivity contribution in [3.05, 3.63) is 28.8 Å². The van der Waals surface area contributed by atoms with Crippen LogP contribution in [-0.2, 0) is 0 Å². The van der Waals surface area contributed by atoms with Crippen LogP contribution in [0.3, 0.4) is 0 Å². The Balaban J connectivity index is 2.51. The Hall–Kier alpha value is -1.75. The second-order valence-corrected chi connectivity index (χ2v) is 4.49. The first-order chi connectivity index (χ1) is 9.04. The van der Waals surface area contributed by atoms with E-state index in [1.54, 1.807) is 0 Å². The molecule has 0 radical (unpaired) electrons. The van der Waals surface area contributed by atoms with Crippen LogP contribution < -0.4 is 10.6 Å². The molecule has 104 valence electrons. The molecule has 0 unspecified atom stereocenters. The van der Waals surface area contributed by atoms with Crippen LogP contribution in [0.1, 0.15) is 36.5 Å². The predicted octanol–water partition coefficient (Wildman–Crippen LogP) is 3.35. The summed E-state index contributed by atoms with van der Waals surface area (Å²) in [6.07, 6.45) is 3.09. The lowest BCUT2D eigenvalue weighted by atomic mass is 10.2. The highest BCUT2D eigenvalue weighted by Gasteiger charge is 2.09. The van der Waals surface area contributed by atoms with Crippen molar-refractivity contribution in [2.24, 2.45) is 0 Å². The van der Waals surface area contributed by atoms with Crippen molar-refractivity contribution in [2.75, 3.05) is 11.9 Å². The van der Waals surface area contributed by atoms with E-state index in [2.05, 4.69) is 17.6 Å². The summed E-state index contributed by atoms with van der Waals surface area (Å²) < 4.78 is 0. The maximum absolute atomic E-state index is 11.5. The van der Waals surface area contributed by atoms with E-state index < -0.39 is 5.97 Å². The van der Waals surface area contributed by atoms with E-state index >= 15 is 0 Å². The van der Waals surface area contributed by atoms with Gasteiger partial charge in [0.25, 0.3) is 0 Å². The highest BCUT2D eigenvalue weighted by Crippen LogP contribution is 2.20. The quantitative estimate of drug-likeness (QED) is 0.701. The molecule has 3 N–H and O–H groups in total. The number of carbonyl (C=O) groups excluding carboxylic acids is 1. The molecule has 0 aliphatic heterocycles. The molecule has 5 nitrogen and oxygen atoms in total. The monoisotopic (exact) mass is 284 g/mol. The number of nitrogens with one attached hydrogen (secondary N) is 2. The van der Waals surface area contributed by atoms with E-state index in [-0.39, 0.29) is 16.6 Å². The maximum atomic E-state index is 11.5. The van der Waals surface area contributed by atoms with Crippen LogP contribution in [0, 0.1) is 0 Å². The van der Waals surface area contributed by atoms with Gasteiger partial charge in [0.1, 0.15) is 0 Å². The molecule has 0 heterocycles. The molecule has 0 atom stereocenters. The van der Waals surface area contributed by atoms with E-state index in [1.165, 1.54) is 18.2 Å². The number of amides is 2. The molecule has 6 heteroatoms. The Morgan fingerprint density at radius 2 is 2.05 bits per heavy atom. The molecule has 0 aliphatic rings. The van der Waals surface area contributed by atoms with Gasteiger partial charge in [0.2, 0.25) is 0 Å². The average molecular weight is 285 g/mol. The van der Waals surface area contributed by atoms with Crippen molar-refractivity contribution in [2.45, 2.75) is 26.2 Å². The van der Waals surface area contributed by atoms with Crippen molar-refractivity contribution in [3.8, 4) is 0 Å². The summed E-state index contributed by atoms with van der Waals surface area (Å²) in [5.41, 5.74) is 0.471. The fourth-order valence-corrected chi connectivity index (χ4v) is 1.78. The fourth-order valence-electron chi connectivity index (χ4n) is 1.52. The summed E-state index contributed by atoms with van der Waals surface area (Å²) in [7, 11) is 0. The van der Waals surface area contributed by atoms with Crippen LogP contribution in [0.15, 0.2) is 18.2 Å². The molecule has 0 fully saturated rings. The van der Waals surface area contributed by atoms with Crippen LogP contribution in [0.25, 0.3) is 0 Å². The SMILES string of the molecule is CCCCCNC(=O)Nc1ccc(C(=O)O)c(Cl)c1. The zero-order valence-electron chi connectivity index (χ0n) is 10.7. The topological polar surface area (TPSA) is 78.4 Å². The molecule has 19 heavy (non-hydrogen) atoms. The van der Waals surface area contributed by atoms with Gasteiger partial charge in [-0.2, -0.15) is 0 Å². The van der Waals surface area contributed by atoms with Crippen molar-refractivity contribution in [1.29, 1.82) is 0 Å². The van der Waals surface area contributed by atoms with Gasteiger partial charge in [-0.05, 0) is 24.6 Å². The third kappa shape index (κ3) is 5.18. The Morgan fingerprint density at radius 1 is 1.32 bits per heavy atom. The Kier molecular flexibility index (Phi) is 6.15. The van der Waals surface area contributed by atoms with Gasteiger partial charge in [0.15, 0.2) is 0 Å².